The number of thiophene rings is 1. The van der Waals surface area contributed by atoms with Crippen molar-refractivity contribution < 1.29 is 23.8 Å². The minimum Gasteiger partial charge on any atom is -0.490 e. The van der Waals surface area contributed by atoms with Crippen molar-refractivity contribution in [2.45, 2.75) is 20.8 Å². The van der Waals surface area contributed by atoms with Crippen molar-refractivity contribution in [3.63, 3.8) is 0 Å². The van der Waals surface area contributed by atoms with Crippen molar-refractivity contribution in [2.75, 3.05) is 6.61 Å². The van der Waals surface area contributed by atoms with Crippen LogP contribution in [0.4, 0.5) is 0 Å². The molecule has 1 aromatic heterocycles. The highest BCUT2D eigenvalue weighted by Crippen LogP contribution is 2.31. The van der Waals surface area contributed by atoms with E-state index in [9.17, 15) is 9.59 Å². The molecular weight excluding hydrogens is 366 g/mol. The van der Waals surface area contributed by atoms with E-state index < -0.39 is 5.97 Å². The summed E-state index contributed by atoms with van der Waals surface area (Å²) >= 11 is 1.45. The third kappa shape index (κ3) is 4.43. The van der Waals surface area contributed by atoms with Gasteiger partial charge in [0.25, 0.3) is 0 Å². The van der Waals surface area contributed by atoms with Crippen LogP contribution in [-0.2, 0) is 14.3 Å². The van der Waals surface area contributed by atoms with E-state index in [1.165, 1.54) is 11.3 Å². The van der Waals surface area contributed by atoms with Gasteiger partial charge >= 0.3 is 11.9 Å². The van der Waals surface area contributed by atoms with Crippen molar-refractivity contribution in [3.8, 4) is 11.5 Å². The molecule has 2 heterocycles. The smallest absolute Gasteiger partial charge is 0.363 e. The van der Waals surface area contributed by atoms with Crippen LogP contribution in [0.5, 0.6) is 11.5 Å². The van der Waals surface area contributed by atoms with Crippen LogP contribution in [-0.4, -0.2) is 24.4 Å². The summed E-state index contributed by atoms with van der Waals surface area (Å²) in [7, 11) is 0. The molecule has 7 heteroatoms. The third-order valence-electron chi connectivity index (χ3n) is 3.61. The Labute approximate surface area is 161 Å². The second-order valence-corrected chi connectivity index (χ2v) is 6.98. The summed E-state index contributed by atoms with van der Waals surface area (Å²) in [4.78, 5) is 29.0. The first-order chi connectivity index (χ1) is 13.0. The van der Waals surface area contributed by atoms with Crippen molar-refractivity contribution in [1.29, 1.82) is 0 Å². The molecule has 0 saturated heterocycles. The summed E-state index contributed by atoms with van der Waals surface area (Å²) in [5.74, 6) is -0.0317. The Morgan fingerprint density at radius 3 is 2.78 bits per heavy atom. The molecule has 0 unspecified atom stereocenters. The number of carbonyl (C=O) groups is 2. The Morgan fingerprint density at radius 2 is 2.11 bits per heavy atom. The van der Waals surface area contributed by atoms with Crippen molar-refractivity contribution in [2.24, 2.45) is 10.9 Å². The molecule has 140 valence electrons. The lowest BCUT2D eigenvalue weighted by Gasteiger charge is -2.12. The molecular formula is C20H19NO5S. The second kappa shape index (κ2) is 8.18. The standard InChI is InChI=1S/C20H19NO5S/c1-4-24-16-11-13(7-8-15(16)25-19(22)12(2)3)10-14-20(23)26-18(21-14)17-6-5-9-27-17/h5-12H,4H2,1-3H3/b14-10-. The molecule has 1 aliphatic rings. The van der Waals surface area contributed by atoms with E-state index in [1.54, 1.807) is 38.1 Å². The molecule has 1 aromatic carbocycles. The van der Waals surface area contributed by atoms with Gasteiger partial charge in [0.05, 0.1) is 17.4 Å². The average Bonchev–Trinajstić information content (AvgIpc) is 3.27. The summed E-state index contributed by atoms with van der Waals surface area (Å²) in [6.45, 7) is 5.77. The molecule has 0 spiro atoms. The van der Waals surface area contributed by atoms with Gasteiger partial charge in [-0.3, -0.25) is 4.79 Å². The highest BCUT2D eigenvalue weighted by Gasteiger charge is 2.25. The first-order valence-electron chi connectivity index (χ1n) is 8.53. The van der Waals surface area contributed by atoms with Gasteiger partial charge in [-0.25, -0.2) is 9.79 Å². The van der Waals surface area contributed by atoms with E-state index in [1.807, 2.05) is 24.4 Å². The Balaban J connectivity index is 1.88. The maximum atomic E-state index is 12.1. The molecule has 0 N–H and O–H groups in total. The molecule has 27 heavy (non-hydrogen) atoms. The number of ether oxygens (including phenoxy) is 3. The van der Waals surface area contributed by atoms with Gasteiger partial charge in [-0.1, -0.05) is 26.0 Å². The number of cyclic esters (lactones) is 1. The van der Waals surface area contributed by atoms with Gasteiger partial charge in [0.2, 0.25) is 5.90 Å². The normalized spacial score (nSPS) is 15.0. The summed E-state index contributed by atoms with van der Waals surface area (Å²) in [5.41, 5.74) is 0.888. The molecule has 0 saturated carbocycles. The molecule has 0 radical (unpaired) electrons. The second-order valence-electron chi connectivity index (χ2n) is 6.03. The minimum absolute atomic E-state index is 0.202. The first kappa shape index (κ1) is 18.8. The average molecular weight is 385 g/mol. The number of rotatable bonds is 6. The molecule has 0 fully saturated rings. The number of nitrogens with zero attached hydrogens (tertiary/aromatic N) is 1. The largest absolute Gasteiger partial charge is 0.490 e. The summed E-state index contributed by atoms with van der Waals surface area (Å²) < 4.78 is 16.2. The summed E-state index contributed by atoms with van der Waals surface area (Å²) in [6, 6.07) is 8.77. The van der Waals surface area contributed by atoms with Gasteiger partial charge in [0.15, 0.2) is 17.2 Å². The van der Waals surface area contributed by atoms with E-state index in [0.29, 0.717) is 29.6 Å². The lowest BCUT2D eigenvalue weighted by Crippen LogP contribution is -2.15. The fourth-order valence-electron chi connectivity index (χ4n) is 2.27. The van der Waals surface area contributed by atoms with Crippen molar-refractivity contribution in [3.05, 3.63) is 51.8 Å². The topological polar surface area (TPSA) is 74.2 Å². The fourth-order valence-corrected chi connectivity index (χ4v) is 2.91. The maximum Gasteiger partial charge on any atom is 0.363 e. The Morgan fingerprint density at radius 1 is 1.30 bits per heavy atom. The van der Waals surface area contributed by atoms with Gasteiger partial charge in [-0.15, -0.1) is 11.3 Å². The monoisotopic (exact) mass is 385 g/mol. The first-order valence-corrected chi connectivity index (χ1v) is 9.41. The van der Waals surface area contributed by atoms with Crippen LogP contribution >= 0.6 is 11.3 Å². The number of esters is 2. The molecule has 0 aliphatic carbocycles. The molecule has 0 atom stereocenters. The van der Waals surface area contributed by atoms with Gasteiger partial charge in [0, 0.05) is 0 Å². The predicted octanol–water partition coefficient (Wildman–Crippen LogP) is 4.05. The highest BCUT2D eigenvalue weighted by molar-refractivity contribution is 7.12. The molecule has 1 aliphatic heterocycles. The number of aliphatic imine (C=N–C) groups is 1. The SMILES string of the molecule is CCOc1cc(/C=C2\N=C(c3cccs3)OC2=O)ccc1OC(=O)C(C)C. The van der Waals surface area contributed by atoms with Crippen molar-refractivity contribution in [1.82, 2.24) is 0 Å². The van der Waals surface area contributed by atoms with Crippen LogP contribution < -0.4 is 9.47 Å². The number of hydrogen-bond donors (Lipinski definition) is 0. The Bertz CT molecular complexity index is 912. The number of hydrogen-bond acceptors (Lipinski definition) is 7. The molecule has 0 amide bonds. The van der Waals surface area contributed by atoms with Crippen LogP contribution in [0.3, 0.4) is 0 Å². The van der Waals surface area contributed by atoms with Crippen molar-refractivity contribution >= 4 is 35.2 Å². The summed E-state index contributed by atoms with van der Waals surface area (Å²) in [5, 5.41) is 1.89. The van der Waals surface area contributed by atoms with E-state index in [2.05, 4.69) is 4.99 Å². The van der Waals surface area contributed by atoms with E-state index in [0.717, 1.165) is 4.88 Å². The zero-order chi connectivity index (χ0) is 19.4. The lowest BCUT2D eigenvalue weighted by molar-refractivity contribution is -0.138. The van der Waals surface area contributed by atoms with Crippen LogP contribution in [0.1, 0.15) is 31.2 Å². The number of carbonyl (C=O) groups excluding carboxylic acids is 2. The third-order valence-corrected chi connectivity index (χ3v) is 4.46. The van der Waals surface area contributed by atoms with Crippen LogP contribution in [0.15, 0.2) is 46.4 Å². The Kier molecular flexibility index (Phi) is 5.71. The minimum atomic E-state index is -0.508. The molecule has 3 rings (SSSR count). The maximum absolute atomic E-state index is 12.1. The van der Waals surface area contributed by atoms with Gasteiger partial charge < -0.3 is 14.2 Å². The van der Waals surface area contributed by atoms with Crippen LogP contribution in [0, 0.1) is 5.92 Å². The quantitative estimate of drug-likeness (QED) is 0.426. The van der Waals surface area contributed by atoms with Crippen LogP contribution in [0.2, 0.25) is 0 Å². The summed E-state index contributed by atoms with van der Waals surface area (Å²) in [6.07, 6.45) is 1.61. The molecule has 0 bridgehead atoms. The zero-order valence-corrected chi connectivity index (χ0v) is 16.0. The number of benzene rings is 1. The fraction of sp³-hybridized carbons (Fsp3) is 0.250. The molecule has 2 aromatic rings. The lowest BCUT2D eigenvalue weighted by atomic mass is 10.1. The van der Waals surface area contributed by atoms with E-state index in [-0.39, 0.29) is 17.6 Å². The molecule has 6 nitrogen and oxygen atoms in total. The zero-order valence-electron chi connectivity index (χ0n) is 15.2. The van der Waals surface area contributed by atoms with Crippen LogP contribution in [0.25, 0.3) is 6.08 Å². The van der Waals surface area contributed by atoms with E-state index in [4.69, 9.17) is 14.2 Å². The van der Waals surface area contributed by atoms with Gasteiger partial charge in [-0.05, 0) is 42.1 Å². The highest BCUT2D eigenvalue weighted by atomic mass is 32.1. The Hall–Kier alpha value is -2.93. The predicted molar refractivity (Wildman–Crippen MR) is 103 cm³/mol. The van der Waals surface area contributed by atoms with E-state index >= 15 is 0 Å². The van der Waals surface area contributed by atoms with Gasteiger partial charge in [-0.2, -0.15) is 0 Å². The van der Waals surface area contributed by atoms with Gasteiger partial charge in [0.1, 0.15) is 0 Å².